The van der Waals surface area contributed by atoms with Gasteiger partial charge in [0.25, 0.3) is 0 Å². The first-order valence-electron chi connectivity index (χ1n) is 8.46. The fraction of sp³-hybridized carbons (Fsp3) is 0.444. The third kappa shape index (κ3) is 3.94. The average Bonchev–Trinajstić information content (AvgIpc) is 3.37. The molecule has 2 N–H and O–H groups in total. The third-order valence-corrected chi connectivity index (χ3v) is 5.24. The molecule has 128 valence electrons. The summed E-state index contributed by atoms with van der Waals surface area (Å²) in [6.45, 7) is 6.92. The second-order valence-corrected chi connectivity index (χ2v) is 7.18. The van der Waals surface area contributed by atoms with Crippen LogP contribution in [0.5, 0.6) is 0 Å². The highest BCUT2D eigenvalue weighted by Gasteiger charge is 2.29. The van der Waals surface area contributed by atoms with Crippen molar-refractivity contribution in [2.45, 2.75) is 33.2 Å². The lowest BCUT2D eigenvalue weighted by molar-refractivity contribution is -0.117. The van der Waals surface area contributed by atoms with Crippen molar-refractivity contribution in [3.05, 3.63) is 38.8 Å². The molecule has 1 aliphatic rings. The summed E-state index contributed by atoms with van der Waals surface area (Å²) in [6, 6.07) is 7.69. The van der Waals surface area contributed by atoms with Gasteiger partial charge in [0, 0.05) is 23.0 Å². The summed E-state index contributed by atoms with van der Waals surface area (Å²) in [6.07, 6.45) is 1.99. The summed E-state index contributed by atoms with van der Waals surface area (Å²) in [5.74, 6) is 0.299. The van der Waals surface area contributed by atoms with E-state index in [0.29, 0.717) is 0 Å². The fourth-order valence-corrected chi connectivity index (χ4v) is 3.56. The lowest BCUT2D eigenvalue weighted by Gasteiger charge is -2.17. The van der Waals surface area contributed by atoms with Gasteiger partial charge in [-0.15, -0.1) is 0 Å². The van der Waals surface area contributed by atoms with Gasteiger partial charge in [0.1, 0.15) is 0 Å². The number of H-pyrrole nitrogens is 1. The van der Waals surface area contributed by atoms with E-state index in [2.05, 4.69) is 29.0 Å². The number of amides is 1. The quantitative estimate of drug-likeness (QED) is 0.809. The standard InChI is InChI=1S/C18H23N3O2S/c1-3-21(4-2)11-15-16(20-18(23)24-15)12-7-9-14(10-8-12)19-17(22)13-5-6-13/h7-10,13H,3-6,11H2,1-2H3,(H,19,22)(H,20,23). The number of carbonyl (C=O) groups is 1. The van der Waals surface area contributed by atoms with Crippen molar-refractivity contribution in [3.63, 3.8) is 0 Å². The molecule has 2 aromatic rings. The molecule has 1 aromatic carbocycles. The van der Waals surface area contributed by atoms with Crippen LogP contribution in [0.2, 0.25) is 0 Å². The molecule has 6 heteroatoms. The summed E-state index contributed by atoms with van der Waals surface area (Å²) in [4.78, 5) is 29.9. The molecule has 0 aliphatic heterocycles. The van der Waals surface area contributed by atoms with Gasteiger partial charge in [0.15, 0.2) is 0 Å². The molecule has 1 saturated carbocycles. The number of hydrogen-bond acceptors (Lipinski definition) is 4. The number of carbonyl (C=O) groups excluding carboxylic acids is 1. The highest BCUT2D eigenvalue weighted by Crippen LogP contribution is 2.31. The second kappa shape index (κ2) is 7.32. The zero-order valence-electron chi connectivity index (χ0n) is 14.1. The Morgan fingerprint density at radius 1 is 1.25 bits per heavy atom. The van der Waals surface area contributed by atoms with Crippen LogP contribution in [0.3, 0.4) is 0 Å². The minimum absolute atomic E-state index is 0.0294. The van der Waals surface area contributed by atoms with E-state index in [1.54, 1.807) is 0 Å². The van der Waals surface area contributed by atoms with Gasteiger partial charge >= 0.3 is 4.87 Å². The molecule has 1 aromatic heterocycles. The molecule has 0 unspecified atom stereocenters. The maximum Gasteiger partial charge on any atom is 0.305 e. The van der Waals surface area contributed by atoms with E-state index in [0.717, 1.165) is 54.3 Å². The van der Waals surface area contributed by atoms with Crippen LogP contribution in [0.4, 0.5) is 5.69 Å². The van der Waals surface area contributed by atoms with Gasteiger partial charge in [-0.3, -0.25) is 14.5 Å². The monoisotopic (exact) mass is 345 g/mol. The first-order valence-corrected chi connectivity index (χ1v) is 9.28. The minimum atomic E-state index is -0.0294. The van der Waals surface area contributed by atoms with E-state index in [-0.39, 0.29) is 16.7 Å². The predicted octanol–water partition coefficient (Wildman–Crippen LogP) is 3.29. The van der Waals surface area contributed by atoms with Crippen LogP contribution in [-0.2, 0) is 11.3 Å². The van der Waals surface area contributed by atoms with Crippen LogP contribution >= 0.6 is 11.3 Å². The lowest BCUT2D eigenvalue weighted by Crippen LogP contribution is -2.21. The number of rotatable bonds is 7. The van der Waals surface area contributed by atoms with Crippen molar-refractivity contribution in [3.8, 4) is 11.3 Å². The van der Waals surface area contributed by atoms with Crippen molar-refractivity contribution in [1.29, 1.82) is 0 Å². The molecule has 24 heavy (non-hydrogen) atoms. The van der Waals surface area contributed by atoms with Crippen LogP contribution in [0.25, 0.3) is 11.3 Å². The first kappa shape index (κ1) is 16.9. The van der Waals surface area contributed by atoms with Crippen LogP contribution in [0.1, 0.15) is 31.6 Å². The first-order chi connectivity index (χ1) is 11.6. The Morgan fingerprint density at radius 2 is 1.92 bits per heavy atom. The minimum Gasteiger partial charge on any atom is -0.326 e. The zero-order valence-corrected chi connectivity index (χ0v) is 14.9. The molecular formula is C18H23N3O2S. The molecule has 5 nitrogen and oxygen atoms in total. The molecule has 0 atom stereocenters. The summed E-state index contributed by atoms with van der Waals surface area (Å²) >= 11 is 1.27. The number of hydrogen-bond donors (Lipinski definition) is 2. The number of benzene rings is 1. The molecule has 0 radical (unpaired) electrons. The number of nitrogens with one attached hydrogen (secondary N) is 2. The highest BCUT2D eigenvalue weighted by atomic mass is 32.1. The normalized spacial score (nSPS) is 14.1. The smallest absolute Gasteiger partial charge is 0.305 e. The Labute approximate surface area is 145 Å². The van der Waals surface area contributed by atoms with Gasteiger partial charge in [-0.05, 0) is 43.6 Å². The summed E-state index contributed by atoms with van der Waals surface area (Å²) in [5.41, 5.74) is 2.66. The van der Waals surface area contributed by atoms with Crippen molar-refractivity contribution in [2.75, 3.05) is 18.4 Å². The van der Waals surface area contributed by atoms with E-state index in [4.69, 9.17) is 0 Å². The number of anilines is 1. The van der Waals surface area contributed by atoms with Crippen molar-refractivity contribution in [2.24, 2.45) is 5.92 Å². The van der Waals surface area contributed by atoms with E-state index in [1.807, 2.05) is 24.3 Å². The number of aromatic amines is 1. The van der Waals surface area contributed by atoms with Gasteiger partial charge in [-0.1, -0.05) is 37.3 Å². The molecule has 1 fully saturated rings. The number of thiazole rings is 1. The Kier molecular flexibility index (Phi) is 5.16. The fourth-order valence-electron chi connectivity index (χ4n) is 2.67. The predicted molar refractivity (Wildman–Crippen MR) is 98.4 cm³/mol. The maximum absolute atomic E-state index is 11.8. The third-order valence-electron chi connectivity index (χ3n) is 4.37. The van der Waals surface area contributed by atoms with Gasteiger partial charge < -0.3 is 10.3 Å². The summed E-state index contributed by atoms with van der Waals surface area (Å²) in [5, 5.41) is 2.94. The molecule has 1 heterocycles. The number of aromatic nitrogens is 1. The lowest BCUT2D eigenvalue weighted by atomic mass is 10.1. The molecular weight excluding hydrogens is 322 g/mol. The Balaban J connectivity index is 1.78. The maximum atomic E-state index is 11.8. The Hall–Kier alpha value is -1.92. The van der Waals surface area contributed by atoms with Gasteiger partial charge in [-0.2, -0.15) is 0 Å². The topological polar surface area (TPSA) is 65.2 Å². The van der Waals surface area contributed by atoms with E-state index in [9.17, 15) is 9.59 Å². The SMILES string of the molecule is CCN(CC)Cc1sc(=O)[nH]c1-c1ccc(NC(=O)C2CC2)cc1. The van der Waals surface area contributed by atoms with Gasteiger partial charge in [-0.25, -0.2) is 0 Å². The molecule has 1 aliphatic carbocycles. The van der Waals surface area contributed by atoms with Gasteiger partial charge in [0.05, 0.1) is 5.69 Å². The van der Waals surface area contributed by atoms with Crippen LogP contribution < -0.4 is 10.2 Å². The molecule has 0 bridgehead atoms. The van der Waals surface area contributed by atoms with Gasteiger partial charge in [0.2, 0.25) is 5.91 Å². The van der Waals surface area contributed by atoms with E-state index in [1.165, 1.54) is 11.3 Å². The zero-order chi connectivity index (χ0) is 17.1. The van der Waals surface area contributed by atoms with Crippen LogP contribution in [0.15, 0.2) is 29.1 Å². The van der Waals surface area contributed by atoms with E-state index < -0.39 is 0 Å². The summed E-state index contributed by atoms with van der Waals surface area (Å²) in [7, 11) is 0. The van der Waals surface area contributed by atoms with Crippen molar-refractivity contribution in [1.82, 2.24) is 9.88 Å². The molecule has 0 spiro atoms. The summed E-state index contributed by atoms with van der Waals surface area (Å²) < 4.78 is 0. The second-order valence-electron chi connectivity index (χ2n) is 6.11. The average molecular weight is 345 g/mol. The van der Waals surface area contributed by atoms with E-state index >= 15 is 0 Å². The molecule has 0 saturated heterocycles. The Bertz CT molecular complexity index is 755. The molecule has 1 amide bonds. The Morgan fingerprint density at radius 3 is 2.50 bits per heavy atom. The number of nitrogens with zero attached hydrogens (tertiary/aromatic N) is 1. The largest absolute Gasteiger partial charge is 0.326 e. The van der Waals surface area contributed by atoms with Crippen LogP contribution in [-0.4, -0.2) is 28.9 Å². The molecule has 3 rings (SSSR count). The van der Waals surface area contributed by atoms with Crippen LogP contribution in [0, 0.1) is 5.92 Å². The van der Waals surface area contributed by atoms with Crippen molar-refractivity contribution >= 4 is 22.9 Å². The highest BCUT2D eigenvalue weighted by molar-refractivity contribution is 7.09. The van der Waals surface area contributed by atoms with Crippen molar-refractivity contribution < 1.29 is 4.79 Å².